The Morgan fingerprint density at radius 1 is 0.765 bits per heavy atom. The van der Waals surface area contributed by atoms with Crippen molar-refractivity contribution in [1.29, 1.82) is 0 Å². The van der Waals surface area contributed by atoms with Crippen molar-refractivity contribution in [3.05, 3.63) is 66.2 Å². The number of rotatable bonds is 3. The number of hydrogen-bond acceptors (Lipinski definition) is 0. The van der Waals surface area contributed by atoms with Gasteiger partial charge in [0.05, 0.1) is 14.1 Å². The third-order valence-electron chi connectivity index (χ3n) is 2.88. The van der Waals surface area contributed by atoms with E-state index < -0.39 is 0 Å². The van der Waals surface area contributed by atoms with Crippen LogP contribution >= 0.6 is 0 Å². The monoisotopic (exact) mass is 291 g/mol. The molecule has 2 heteroatoms. The lowest BCUT2D eigenvalue weighted by Crippen LogP contribution is -3.00. The van der Waals surface area contributed by atoms with E-state index in [0.29, 0.717) is 0 Å². The zero-order valence-electron chi connectivity index (χ0n) is 10.3. The molecule has 0 amide bonds. The van der Waals surface area contributed by atoms with Crippen molar-refractivity contribution < 1.29 is 17.0 Å². The van der Waals surface area contributed by atoms with Gasteiger partial charge in [-0.1, -0.05) is 48.5 Å². The maximum atomic E-state index is 2.24. The van der Waals surface area contributed by atoms with Crippen LogP contribution in [0.25, 0.3) is 0 Å². The van der Waals surface area contributed by atoms with E-state index >= 15 is 0 Å². The van der Waals surface area contributed by atoms with Gasteiger partial charge in [-0.05, 0) is 12.1 Å². The Labute approximate surface area is 114 Å². The summed E-state index contributed by atoms with van der Waals surface area (Å²) in [6.07, 6.45) is 0. The summed E-state index contributed by atoms with van der Waals surface area (Å²) in [5, 5.41) is 0. The molecule has 0 fully saturated rings. The second-order valence-electron chi connectivity index (χ2n) is 4.66. The first-order chi connectivity index (χ1) is 7.68. The van der Waals surface area contributed by atoms with E-state index in [1.807, 2.05) is 0 Å². The molecule has 0 aliphatic rings. The molecule has 17 heavy (non-hydrogen) atoms. The zero-order chi connectivity index (χ0) is 11.4. The van der Waals surface area contributed by atoms with Crippen LogP contribution in [-0.2, 0) is 6.54 Å². The Hall–Kier alpha value is -1.12. The van der Waals surface area contributed by atoms with Gasteiger partial charge in [-0.15, -0.1) is 0 Å². The minimum atomic E-state index is 0. The Morgan fingerprint density at radius 2 is 1.24 bits per heavy atom. The van der Waals surface area contributed by atoms with Crippen molar-refractivity contribution in [1.82, 2.24) is 4.48 Å². The molecule has 1 nitrogen and oxygen atoms in total. The summed E-state index contributed by atoms with van der Waals surface area (Å²) in [5.74, 6) is 0. The van der Waals surface area contributed by atoms with Crippen molar-refractivity contribution in [3.63, 3.8) is 0 Å². The average Bonchev–Trinajstić information content (AvgIpc) is 2.31. The first-order valence-electron chi connectivity index (χ1n) is 5.61. The highest BCUT2D eigenvalue weighted by Gasteiger charge is 2.18. The summed E-state index contributed by atoms with van der Waals surface area (Å²) in [5.41, 5.74) is 2.71. The molecule has 2 aromatic rings. The molecular formula is C15H18BrN. The van der Waals surface area contributed by atoms with Crippen molar-refractivity contribution >= 4 is 5.69 Å². The van der Waals surface area contributed by atoms with Crippen LogP contribution in [0.1, 0.15) is 5.56 Å². The lowest BCUT2D eigenvalue weighted by Gasteiger charge is -2.29. The smallest absolute Gasteiger partial charge is 0.132 e. The summed E-state index contributed by atoms with van der Waals surface area (Å²) in [4.78, 5) is 0. The molecule has 0 heterocycles. The molecule has 0 atom stereocenters. The summed E-state index contributed by atoms with van der Waals surface area (Å²) < 4.78 is 0.880. The Morgan fingerprint density at radius 3 is 1.76 bits per heavy atom. The molecule has 0 saturated carbocycles. The van der Waals surface area contributed by atoms with Gasteiger partial charge in [0.2, 0.25) is 0 Å². The van der Waals surface area contributed by atoms with Gasteiger partial charge in [-0.3, -0.25) is 4.48 Å². The largest absolute Gasteiger partial charge is 1.00 e. The summed E-state index contributed by atoms with van der Waals surface area (Å²) >= 11 is 0. The fourth-order valence-corrected chi connectivity index (χ4v) is 1.96. The molecule has 2 aromatic carbocycles. The van der Waals surface area contributed by atoms with Gasteiger partial charge in [0, 0.05) is 5.56 Å². The number of benzene rings is 2. The molecule has 0 aliphatic heterocycles. The van der Waals surface area contributed by atoms with Crippen LogP contribution in [0.3, 0.4) is 0 Å². The van der Waals surface area contributed by atoms with Crippen molar-refractivity contribution in [2.75, 3.05) is 14.1 Å². The number of para-hydroxylation sites is 1. The van der Waals surface area contributed by atoms with E-state index in [0.717, 1.165) is 11.0 Å². The minimum Gasteiger partial charge on any atom is -1.00 e. The normalized spacial score (nSPS) is 10.7. The van der Waals surface area contributed by atoms with Gasteiger partial charge >= 0.3 is 0 Å². The quantitative estimate of drug-likeness (QED) is 0.721. The summed E-state index contributed by atoms with van der Waals surface area (Å²) in [6, 6.07) is 21.2. The van der Waals surface area contributed by atoms with E-state index in [1.54, 1.807) is 0 Å². The van der Waals surface area contributed by atoms with Gasteiger partial charge in [-0.2, -0.15) is 0 Å². The van der Waals surface area contributed by atoms with Crippen LogP contribution < -0.4 is 21.5 Å². The molecule has 0 radical (unpaired) electrons. The first kappa shape index (κ1) is 13.9. The highest BCUT2D eigenvalue weighted by molar-refractivity contribution is 5.41. The zero-order valence-corrected chi connectivity index (χ0v) is 11.9. The average molecular weight is 292 g/mol. The number of nitrogens with zero attached hydrogens (tertiary/aromatic N) is 1. The molecule has 0 N–H and O–H groups in total. The Kier molecular flexibility index (Phi) is 4.91. The maximum absolute atomic E-state index is 2.24. The number of quaternary nitrogens is 1. The molecule has 0 saturated heterocycles. The van der Waals surface area contributed by atoms with Gasteiger partial charge in [0.25, 0.3) is 0 Å². The Balaban J connectivity index is 0.00000144. The summed E-state index contributed by atoms with van der Waals surface area (Å²) in [7, 11) is 4.48. The number of halogens is 1. The lowest BCUT2D eigenvalue weighted by molar-refractivity contribution is -0.00000350. The van der Waals surface area contributed by atoms with E-state index in [1.165, 1.54) is 11.3 Å². The van der Waals surface area contributed by atoms with E-state index in [-0.39, 0.29) is 17.0 Å². The Bertz CT molecular complexity index is 437. The second-order valence-corrected chi connectivity index (χ2v) is 4.66. The SMILES string of the molecule is C[N+](C)(Cc1ccccc1)c1ccccc1.[Br-]. The standard InChI is InChI=1S/C15H18N.BrH/c1-16(2,15-11-7-4-8-12-15)13-14-9-5-3-6-10-14;/h3-12H,13H2,1-2H3;1H/q+1;/p-1. The molecule has 0 unspecified atom stereocenters. The van der Waals surface area contributed by atoms with Crippen molar-refractivity contribution in [2.24, 2.45) is 0 Å². The van der Waals surface area contributed by atoms with Crippen LogP contribution in [0.2, 0.25) is 0 Å². The molecule has 0 aromatic heterocycles. The minimum absolute atomic E-state index is 0. The number of hydrogen-bond donors (Lipinski definition) is 0. The first-order valence-corrected chi connectivity index (χ1v) is 5.61. The van der Waals surface area contributed by atoms with Gasteiger partial charge in [0.1, 0.15) is 12.2 Å². The molecule has 90 valence electrons. The molecule has 2 rings (SSSR count). The fourth-order valence-electron chi connectivity index (χ4n) is 1.96. The van der Waals surface area contributed by atoms with E-state index in [9.17, 15) is 0 Å². The summed E-state index contributed by atoms with van der Waals surface area (Å²) in [6.45, 7) is 1.02. The van der Waals surface area contributed by atoms with Crippen LogP contribution in [0.5, 0.6) is 0 Å². The predicted molar refractivity (Wildman–Crippen MR) is 70.2 cm³/mol. The third kappa shape index (κ3) is 3.69. The van der Waals surface area contributed by atoms with Crippen LogP contribution in [0, 0.1) is 0 Å². The van der Waals surface area contributed by atoms with E-state index in [4.69, 9.17) is 0 Å². The highest BCUT2D eigenvalue weighted by atomic mass is 79.9. The van der Waals surface area contributed by atoms with Crippen LogP contribution in [0.15, 0.2) is 60.7 Å². The van der Waals surface area contributed by atoms with Gasteiger partial charge in [0.15, 0.2) is 0 Å². The van der Waals surface area contributed by atoms with Gasteiger partial charge < -0.3 is 17.0 Å². The molecular weight excluding hydrogens is 274 g/mol. The van der Waals surface area contributed by atoms with Crippen LogP contribution in [-0.4, -0.2) is 14.1 Å². The van der Waals surface area contributed by atoms with Crippen LogP contribution in [0.4, 0.5) is 5.69 Å². The predicted octanol–water partition coefficient (Wildman–Crippen LogP) is 0.458. The van der Waals surface area contributed by atoms with Crippen molar-refractivity contribution in [3.8, 4) is 0 Å². The van der Waals surface area contributed by atoms with E-state index in [2.05, 4.69) is 74.8 Å². The second kappa shape index (κ2) is 5.99. The third-order valence-corrected chi connectivity index (χ3v) is 2.88. The topological polar surface area (TPSA) is 0 Å². The van der Waals surface area contributed by atoms with Gasteiger partial charge in [-0.25, -0.2) is 0 Å². The molecule has 0 aliphatic carbocycles. The molecule has 0 spiro atoms. The highest BCUT2D eigenvalue weighted by Crippen LogP contribution is 2.21. The maximum Gasteiger partial charge on any atom is 0.132 e. The van der Waals surface area contributed by atoms with Crippen molar-refractivity contribution in [2.45, 2.75) is 6.54 Å². The lowest BCUT2D eigenvalue weighted by atomic mass is 10.2. The molecule has 0 bridgehead atoms. The fraction of sp³-hybridized carbons (Fsp3) is 0.200.